The molecule has 0 aliphatic carbocycles. The van der Waals surface area contributed by atoms with E-state index in [0.29, 0.717) is 25.7 Å². The minimum absolute atomic E-state index is 0.0131. The molecule has 0 fully saturated rings. The second-order valence-corrected chi connectivity index (χ2v) is 17.5. The first-order chi connectivity index (χ1) is 31.5. The van der Waals surface area contributed by atoms with Crippen LogP contribution in [0.15, 0.2) is 97.2 Å². The Labute approximate surface area is 395 Å². The second-order valence-electron chi connectivity index (χ2n) is 17.5. The molecule has 64 heavy (non-hydrogen) atoms. The van der Waals surface area contributed by atoms with E-state index in [0.717, 1.165) is 83.5 Å². The molecule has 0 saturated carbocycles. The summed E-state index contributed by atoms with van der Waals surface area (Å²) < 4.78 is 5.88. The highest BCUT2D eigenvalue weighted by Crippen LogP contribution is 2.16. The molecule has 0 aromatic carbocycles. The smallest absolute Gasteiger partial charge is 0.306 e. The van der Waals surface area contributed by atoms with Gasteiger partial charge in [0.2, 0.25) is 5.91 Å². The van der Waals surface area contributed by atoms with Gasteiger partial charge in [-0.25, -0.2) is 0 Å². The summed E-state index contributed by atoms with van der Waals surface area (Å²) in [4.78, 5) is 26.1. The maximum absolute atomic E-state index is 13.2. The van der Waals surface area contributed by atoms with E-state index in [2.05, 4.69) is 123 Å². The maximum atomic E-state index is 13.2. The summed E-state index contributed by atoms with van der Waals surface area (Å²) in [5.74, 6) is -0.601. The maximum Gasteiger partial charge on any atom is 0.306 e. The summed E-state index contributed by atoms with van der Waals surface area (Å²) in [6.45, 7) is 6.31. The first-order valence-electron chi connectivity index (χ1n) is 26.5. The molecule has 0 aliphatic heterocycles. The molecule has 0 aliphatic rings. The highest BCUT2D eigenvalue weighted by atomic mass is 16.5. The van der Waals surface area contributed by atoms with Gasteiger partial charge in [-0.1, -0.05) is 221 Å². The van der Waals surface area contributed by atoms with E-state index in [1.165, 1.54) is 96.3 Å². The lowest BCUT2D eigenvalue weighted by molar-refractivity contribution is -0.151. The molecule has 0 rings (SSSR count). The SMILES string of the molecule is CC/C=C/C/C=C/C/C=C/C/C=C/CCCC(CC(=O)NC(CO)C(O)CCCCCCCCCCCCCCCC)OC(=O)CCC/C=C\C/C=C\C/C=C\C/C=C\CCCCC. The molecular weight excluding hydrogens is 791 g/mol. The van der Waals surface area contributed by atoms with Gasteiger partial charge < -0.3 is 20.3 Å². The van der Waals surface area contributed by atoms with Crippen LogP contribution in [0.2, 0.25) is 0 Å². The number of ether oxygens (including phenoxy) is 1. The average molecular weight is 890 g/mol. The van der Waals surface area contributed by atoms with Crippen molar-refractivity contribution in [2.24, 2.45) is 0 Å². The number of rotatable bonds is 46. The Morgan fingerprint density at radius 1 is 0.469 bits per heavy atom. The fraction of sp³-hybridized carbons (Fsp3) is 0.690. The van der Waals surface area contributed by atoms with Crippen molar-refractivity contribution in [3.8, 4) is 0 Å². The average Bonchev–Trinajstić information content (AvgIpc) is 3.29. The summed E-state index contributed by atoms with van der Waals surface area (Å²) in [6.07, 6.45) is 67.6. The minimum Gasteiger partial charge on any atom is -0.462 e. The van der Waals surface area contributed by atoms with E-state index in [9.17, 15) is 19.8 Å². The van der Waals surface area contributed by atoms with Gasteiger partial charge in [-0.15, -0.1) is 0 Å². The van der Waals surface area contributed by atoms with Crippen LogP contribution >= 0.6 is 0 Å². The number of nitrogens with one attached hydrogen (secondary N) is 1. The lowest BCUT2D eigenvalue weighted by Crippen LogP contribution is -2.46. The molecule has 0 aromatic heterocycles. The highest BCUT2D eigenvalue weighted by molar-refractivity contribution is 5.77. The molecular formula is C58H99NO5. The zero-order valence-electron chi connectivity index (χ0n) is 41.6. The van der Waals surface area contributed by atoms with E-state index in [4.69, 9.17) is 4.74 Å². The topological polar surface area (TPSA) is 95.9 Å². The predicted molar refractivity (Wildman–Crippen MR) is 277 cm³/mol. The van der Waals surface area contributed by atoms with Gasteiger partial charge >= 0.3 is 5.97 Å². The van der Waals surface area contributed by atoms with Gasteiger partial charge in [-0.2, -0.15) is 0 Å². The monoisotopic (exact) mass is 890 g/mol. The molecule has 0 radical (unpaired) electrons. The number of esters is 1. The second kappa shape index (κ2) is 50.8. The van der Waals surface area contributed by atoms with E-state index in [1.54, 1.807) is 0 Å². The standard InChI is InChI=1S/C58H99NO5/c1-4-7-10-13-16-19-22-25-28-29-30-33-36-39-42-45-48-51-58(63)64-54(49-46-43-40-37-34-31-26-23-20-17-14-11-8-5-2)52-57(62)59-55(53-60)56(61)50-47-44-41-38-35-32-27-24-21-18-15-12-9-6-3/h8,11,16-17,19-20,25-26,28,30-31,33,37,39-40,42,54-56,60-61H,4-7,9-10,12-15,18,21-24,27,29,32,34-36,38,41,43-53H2,1-3H3,(H,59,62)/b11-8+,19-16-,20-17+,28-25-,31-26+,33-30-,40-37+,42-39-. The summed E-state index contributed by atoms with van der Waals surface area (Å²) >= 11 is 0. The van der Waals surface area contributed by atoms with Crippen molar-refractivity contribution < 1.29 is 24.5 Å². The third-order valence-corrected chi connectivity index (χ3v) is 11.4. The molecule has 366 valence electrons. The van der Waals surface area contributed by atoms with Crippen LogP contribution in [0, 0.1) is 0 Å². The van der Waals surface area contributed by atoms with Crippen molar-refractivity contribution in [1.82, 2.24) is 5.32 Å². The van der Waals surface area contributed by atoms with Gasteiger partial charge in [0.25, 0.3) is 0 Å². The van der Waals surface area contributed by atoms with Gasteiger partial charge in [0.05, 0.1) is 25.2 Å². The van der Waals surface area contributed by atoms with Gasteiger partial charge in [-0.05, 0) is 96.3 Å². The van der Waals surface area contributed by atoms with Crippen molar-refractivity contribution in [2.75, 3.05) is 6.61 Å². The number of amides is 1. The first-order valence-corrected chi connectivity index (χ1v) is 26.5. The number of aliphatic hydroxyl groups is 2. The highest BCUT2D eigenvalue weighted by Gasteiger charge is 2.24. The first kappa shape index (κ1) is 60.8. The Kier molecular flexibility index (Phi) is 48.2. The minimum atomic E-state index is -0.816. The lowest BCUT2D eigenvalue weighted by Gasteiger charge is -2.24. The molecule has 0 spiro atoms. The normalized spacial score (nSPS) is 14.0. The number of carbonyl (C=O) groups is 2. The van der Waals surface area contributed by atoms with Gasteiger partial charge in [0, 0.05) is 6.42 Å². The predicted octanol–water partition coefficient (Wildman–Crippen LogP) is 16.1. The summed E-state index contributed by atoms with van der Waals surface area (Å²) in [5.41, 5.74) is 0. The molecule has 3 N–H and O–H groups in total. The summed E-state index contributed by atoms with van der Waals surface area (Å²) in [5, 5.41) is 23.8. The van der Waals surface area contributed by atoms with E-state index in [1.807, 2.05) is 0 Å². The molecule has 6 nitrogen and oxygen atoms in total. The molecule has 0 heterocycles. The van der Waals surface area contributed by atoms with Crippen LogP contribution in [0.25, 0.3) is 0 Å². The zero-order chi connectivity index (χ0) is 46.7. The third-order valence-electron chi connectivity index (χ3n) is 11.4. The van der Waals surface area contributed by atoms with Gasteiger partial charge in [0.1, 0.15) is 6.10 Å². The van der Waals surface area contributed by atoms with Crippen molar-refractivity contribution in [2.45, 2.75) is 251 Å². The Morgan fingerprint density at radius 2 is 0.859 bits per heavy atom. The van der Waals surface area contributed by atoms with Crippen molar-refractivity contribution in [1.29, 1.82) is 0 Å². The van der Waals surface area contributed by atoms with Crippen LogP contribution < -0.4 is 5.32 Å². The Bertz CT molecular complexity index is 1270. The van der Waals surface area contributed by atoms with E-state index in [-0.39, 0.29) is 24.9 Å². The van der Waals surface area contributed by atoms with Crippen molar-refractivity contribution >= 4 is 11.9 Å². The Morgan fingerprint density at radius 3 is 1.31 bits per heavy atom. The fourth-order valence-electron chi connectivity index (χ4n) is 7.42. The van der Waals surface area contributed by atoms with E-state index >= 15 is 0 Å². The number of allylic oxidation sites excluding steroid dienone is 16. The number of hydrogen-bond acceptors (Lipinski definition) is 5. The van der Waals surface area contributed by atoms with Gasteiger partial charge in [-0.3, -0.25) is 9.59 Å². The molecule has 3 atom stereocenters. The van der Waals surface area contributed by atoms with Crippen molar-refractivity contribution in [3.05, 3.63) is 97.2 Å². The van der Waals surface area contributed by atoms with Crippen LogP contribution in [0.5, 0.6) is 0 Å². The third kappa shape index (κ3) is 45.4. The zero-order valence-corrected chi connectivity index (χ0v) is 41.6. The van der Waals surface area contributed by atoms with Gasteiger partial charge in [0.15, 0.2) is 0 Å². The largest absolute Gasteiger partial charge is 0.462 e. The fourth-order valence-corrected chi connectivity index (χ4v) is 7.42. The number of aliphatic hydroxyl groups excluding tert-OH is 2. The number of unbranched alkanes of at least 4 members (excludes halogenated alkanes) is 18. The lowest BCUT2D eigenvalue weighted by atomic mass is 10.0. The van der Waals surface area contributed by atoms with Crippen molar-refractivity contribution in [3.63, 3.8) is 0 Å². The number of carbonyl (C=O) groups excluding carboxylic acids is 2. The molecule has 0 bridgehead atoms. The molecule has 6 heteroatoms. The van der Waals surface area contributed by atoms with Crippen LogP contribution in [0.1, 0.15) is 233 Å². The molecule has 0 saturated heterocycles. The van der Waals surface area contributed by atoms with Crippen LogP contribution in [-0.4, -0.2) is 46.9 Å². The summed E-state index contributed by atoms with van der Waals surface area (Å²) in [7, 11) is 0. The molecule has 3 unspecified atom stereocenters. The molecule has 0 aromatic rings. The molecule has 1 amide bonds. The Hall–Kier alpha value is -3.22. The van der Waals surface area contributed by atoms with E-state index < -0.39 is 18.2 Å². The Balaban J connectivity index is 4.75. The van der Waals surface area contributed by atoms with Crippen LogP contribution in [-0.2, 0) is 14.3 Å². The van der Waals surface area contributed by atoms with Crippen LogP contribution in [0.3, 0.4) is 0 Å². The van der Waals surface area contributed by atoms with Crippen LogP contribution in [0.4, 0.5) is 0 Å². The number of hydrogen-bond donors (Lipinski definition) is 3. The summed E-state index contributed by atoms with van der Waals surface area (Å²) in [6, 6.07) is -0.736. The quantitative estimate of drug-likeness (QED) is 0.0321.